The third-order valence-electron chi connectivity index (χ3n) is 3.48. The van der Waals surface area contributed by atoms with Crippen molar-refractivity contribution in [3.05, 3.63) is 65.0 Å². The molecule has 2 aromatic carbocycles. The van der Waals surface area contributed by atoms with Crippen LogP contribution in [0.1, 0.15) is 17.5 Å². The molecular weight excluding hydrogens is 296 g/mol. The number of carbonyl (C=O) groups is 1. The first-order chi connectivity index (χ1) is 10.7. The predicted molar refractivity (Wildman–Crippen MR) is 88.6 cm³/mol. The molecule has 4 heteroatoms. The summed E-state index contributed by atoms with van der Waals surface area (Å²) in [5.41, 5.74) is 2.23. The molecular formula is C18H16O3S. The number of carboxylic acid groups (broad SMARTS) is 1. The van der Waals surface area contributed by atoms with Gasteiger partial charge in [0.25, 0.3) is 0 Å². The molecule has 0 fully saturated rings. The molecule has 0 saturated carbocycles. The molecule has 1 heterocycles. The van der Waals surface area contributed by atoms with Crippen molar-refractivity contribution in [2.24, 2.45) is 0 Å². The van der Waals surface area contributed by atoms with E-state index < -0.39 is 5.97 Å². The van der Waals surface area contributed by atoms with Crippen LogP contribution in [-0.2, 0) is 17.8 Å². The highest BCUT2D eigenvalue weighted by atomic mass is 32.1. The molecule has 0 unspecified atom stereocenters. The van der Waals surface area contributed by atoms with Crippen LogP contribution in [0, 0.1) is 0 Å². The Kier molecular flexibility index (Phi) is 4.39. The molecule has 0 saturated heterocycles. The molecule has 3 nitrogen and oxygen atoms in total. The van der Waals surface area contributed by atoms with E-state index >= 15 is 0 Å². The smallest absolute Gasteiger partial charge is 0.303 e. The van der Waals surface area contributed by atoms with E-state index in [1.165, 1.54) is 0 Å². The maximum atomic E-state index is 10.7. The zero-order chi connectivity index (χ0) is 15.4. The van der Waals surface area contributed by atoms with Crippen LogP contribution < -0.4 is 4.74 Å². The van der Waals surface area contributed by atoms with Gasteiger partial charge in [-0.2, -0.15) is 0 Å². The van der Waals surface area contributed by atoms with Crippen LogP contribution in [0.25, 0.3) is 10.1 Å². The van der Waals surface area contributed by atoms with Crippen molar-refractivity contribution in [3.63, 3.8) is 0 Å². The average molecular weight is 312 g/mol. The molecule has 0 bridgehead atoms. The van der Waals surface area contributed by atoms with E-state index in [1.54, 1.807) is 11.3 Å². The van der Waals surface area contributed by atoms with Gasteiger partial charge in [0.2, 0.25) is 0 Å². The lowest BCUT2D eigenvalue weighted by Gasteiger charge is -2.06. The number of rotatable bonds is 6. The Labute approximate surface area is 132 Å². The number of aliphatic carboxylic acids is 1. The molecule has 0 amide bonds. The van der Waals surface area contributed by atoms with Crippen LogP contribution in [0.4, 0.5) is 0 Å². The summed E-state index contributed by atoms with van der Waals surface area (Å²) in [6.07, 6.45) is 0.734. The molecule has 22 heavy (non-hydrogen) atoms. The number of aryl methyl sites for hydroxylation is 1. The predicted octanol–water partition coefficient (Wildman–Crippen LogP) is 4.50. The van der Waals surface area contributed by atoms with Crippen LogP contribution in [0.5, 0.6) is 5.75 Å². The monoisotopic (exact) mass is 312 g/mol. The standard InChI is InChI=1S/C18H16O3S/c19-18(20)9-6-14-12-22-17-10-15(7-8-16(14)17)21-11-13-4-2-1-3-5-13/h1-5,7-8,10,12H,6,9,11H2,(H,19,20). The highest BCUT2D eigenvalue weighted by Gasteiger charge is 2.07. The van der Waals surface area contributed by atoms with Gasteiger partial charge in [-0.25, -0.2) is 0 Å². The highest BCUT2D eigenvalue weighted by Crippen LogP contribution is 2.30. The van der Waals surface area contributed by atoms with Crippen LogP contribution >= 0.6 is 11.3 Å². The number of fused-ring (bicyclic) bond motifs is 1. The summed E-state index contributed by atoms with van der Waals surface area (Å²) < 4.78 is 6.95. The first kappa shape index (κ1) is 14.6. The van der Waals surface area contributed by atoms with Gasteiger partial charge in [-0.05, 0) is 46.5 Å². The lowest BCUT2D eigenvalue weighted by atomic mass is 10.1. The minimum absolute atomic E-state index is 0.165. The molecule has 1 aromatic heterocycles. The SMILES string of the molecule is O=C(O)CCc1csc2cc(OCc3ccccc3)ccc12. The van der Waals surface area contributed by atoms with E-state index in [-0.39, 0.29) is 6.42 Å². The topological polar surface area (TPSA) is 46.5 Å². The molecule has 1 N–H and O–H groups in total. The zero-order valence-corrected chi connectivity index (χ0v) is 12.8. The summed E-state index contributed by atoms with van der Waals surface area (Å²) in [4.78, 5) is 10.7. The van der Waals surface area contributed by atoms with Crippen molar-refractivity contribution in [2.75, 3.05) is 0 Å². The number of thiophene rings is 1. The number of hydrogen-bond donors (Lipinski definition) is 1. The fraction of sp³-hybridized carbons (Fsp3) is 0.167. The van der Waals surface area contributed by atoms with Crippen molar-refractivity contribution >= 4 is 27.4 Å². The lowest BCUT2D eigenvalue weighted by Crippen LogP contribution is -1.97. The van der Waals surface area contributed by atoms with Crippen molar-refractivity contribution in [1.29, 1.82) is 0 Å². The van der Waals surface area contributed by atoms with Gasteiger partial charge < -0.3 is 9.84 Å². The molecule has 3 rings (SSSR count). The van der Waals surface area contributed by atoms with Crippen molar-refractivity contribution in [2.45, 2.75) is 19.4 Å². The fourth-order valence-corrected chi connectivity index (χ4v) is 3.35. The van der Waals surface area contributed by atoms with Gasteiger partial charge in [-0.15, -0.1) is 11.3 Å². The lowest BCUT2D eigenvalue weighted by molar-refractivity contribution is -0.136. The Bertz CT molecular complexity index is 777. The number of benzene rings is 2. The summed E-state index contributed by atoms with van der Waals surface area (Å²) in [6, 6.07) is 16.0. The minimum atomic E-state index is -0.762. The average Bonchev–Trinajstić information content (AvgIpc) is 2.94. The first-order valence-corrected chi connectivity index (χ1v) is 7.99. The molecule has 3 aromatic rings. The maximum absolute atomic E-state index is 10.7. The van der Waals surface area contributed by atoms with E-state index in [1.807, 2.05) is 53.9 Å². The Morgan fingerprint density at radius 2 is 1.95 bits per heavy atom. The van der Waals surface area contributed by atoms with Gasteiger partial charge in [0.1, 0.15) is 12.4 Å². The van der Waals surface area contributed by atoms with Crippen LogP contribution in [0.15, 0.2) is 53.9 Å². The van der Waals surface area contributed by atoms with E-state index in [2.05, 4.69) is 0 Å². The van der Waals surface area contributed by atoms with Crippen LogP contribution in [0.3, 0.4) is 0 Å². The number of ether oxygens (including phenoxy) is 1. The summed E-state index contributed by atoms with van der Waals surface area (Å²) >= 11 is 1.63. The fourth-order valence-electron chi connectivity index (χ4n) is 2.33. The Morgan fingerprint density at radius 1 is 1.14 bits per heavy atom. The van der Waals surface area contributed by atoms with Gasteiger partial charge in [0.15, 0.2) is 0 Å². The van der Waals surface area contributed by atoms with Gasteiger partial charge in [-0.1, -0.05) is 30.3 Å². The van der Waals surface area contributed by atoms with Gasteiger partial charge in [-0.3, -0.25) is 4.79 Å². The van der Waals surface area contributed by atoms with Crippen LogP contribution in [0.2, 0.25) is 0 Å². The Balaban J connectivity index is 1.72. The molecule has 0 atom stereocenters. The van der Waals surface area contributed by atoms with Gasteiger partial charge >= 0.3 is 5.97 Å². The highest BCUT2D eigenvalue weighted by molar-refractivity contribution is 7.17. The third kappa shape index (κ3) is 3.46. The molecule has 0 aliphatic heterocycles. The minimum Gasteiger partial charge on any atom is -0.489 e. The second-order valence-electron chi connectivity index (χ2n) is 5.09. The maximum Gasteiger partial charge on any atom is 0.303 e. The summed E-state index contributed by atoms with van der Waals surface area (Å²) in [6.45, 7) is 0.545. The summed E-state index contributed by atoms with van der Waals surface area (Å²) in [5.74, 6) is 0.0742. The van der Waals surface area contributed by atoms with Crippen molar-refractivity contribution < 1.29 is 14.6 Å². The van der Waals surface area contributed by atoms with Gasteiger partial charge in [0, 0.05) is 11.1 Å². The molecule has 0 aliphatic carbocycles. The zero-order valence-electron chi connectivity index (χ0n) is 12.0. The Morgan fingerprint density at radius 3 is 2.73 bits per heavy atom. The van der Waals surface area contributed by atoms with Crippen molar-refractivity contribution in [1.82, 2.24) is 0 Å². The largest absolute Gasteiger partial charge is 0.489 e. The third-order valence-corrected chi connectivity index (χ3v) is 4.48. The second kappa shape index (κ2) is 6.62. The van der Waals surface area contributed by atoms with E-state index in [9.17, 15) is 4.79 Å². The van der Waals surface area contributed by atoms with E-state index in [0.29, 0.717) is 13.0 Å². The summed E-state index contributed by atoms with van der Waals surface area (Å²) in [7, 11) is 0. The number of hydrogen-bond acceptors (Lipinski definition) is 3. The van der Waals surface area contributed by atoms with E-state index in [4.69, 9.17) is 9.84 Å². The Hall–Kier alpha value is -2.33. The second-order valence-corrected chi connectivity index (χ2v) is 6.00. The molecule has 0 spiro atoms. The molecule has 112 valence electrons. The molecule has 0 aliphatic rings. The quantitative estimate of drug-likeness (QED) is 0.729. The number of carboxylic acids is 1. The summed E-state index contributed by atoms with van der Waals surface area (Å²) in [5, 5.41) is 11.9. The first-order valence-electron chi connectivity index (χ1n) is 7.11. The van der Waals surface area contributed by atoms with Crippen molar-refractivity contribution in [3.8, 4) is 5.75 Å². The van der Waals surface area contributed by atoms with Crippen LogP contribution in [-0.4, -0.2) is 11.1 Å². The van der Waals surface area contributed by atoms with E-state index in [0.717, 1.165) is 27.0 Å². The molecule has 0 radical (unpaired) electrons. The normalized spacial score (nSPS) is 10.7. The van der Waals surface area contributed by atoms with Gasteiger partial charge in [0.05, 0.1) is 0 Å².